The lowest BCUT2D eigenvalue weighted by molar-refractivity contribution is 0.344. The first-order valence-electron chi connectivity index (χ1n) is 9.31. The van der Waals surface area contributed by atoms with Gasteiger partial charge < -0.3 is 9.72 Å². The average Bonchev–Trinajstić information content (AvgIpc) is 3.26. The first-order chi connectivity index (χ1) is 13.1. The summed E-state index contributed by atoms with van der Waals surface area (Å²) in [6.07, 6.45) is 7.85. The van der Waals surface area contributed by atoms with Crippen molar-refractivity contribution in [2.75, 3.05) is 13.1 Å². The Balaban J connectivity index is 1.61. The van der Waals surface area contributed by atoms with Gasteiger partial charge in [-0.3, -0.25) is 4.68 Å². The molecule has 1 N–H and O–H groups in total. The van der Waals surface area contributed by atoms with Crippen LogP contribution < -0.4 is 5.32 Å². The summed E-state index contributed by atoms with van der Waals surface area (Å²) in [7, 11) is 0. The van der Waals surface area contributed by atoms with Crippen molar-refractivity contribution in [1.82, 2.24) is 29.5 Å². The van der Waals surface area contributed by atoms with Gasteiger partial charge in [-0.25, -0.2) is 14.4 Å². The molecule has 3 aromatic heterocycles. The van der Waals surface area contributed by atoms with E-state index < -0.39 is 0 Å². The maximum atomic E-state index is 14.8. The summed E-state index contributed by atoms with van der Waals surface area (Å²) in [6.45, 7) is 5.83. The fourth-order valence-electron chi connectivity index (χ4n) is 3.93. The molecule has 138 valence electrons. The molecular weight excluding hydrogens is 343 g/mol. The standard InChI is InChI=1S/C20H21FN6/c1-12-9-26-11-18(24-13(2)20(26)23-12)14-7-15-10-27(16-3-5-22-6-4-16)25-19(15)17(21)8-14/h7-11,16,22H,3-6H2,1-2H3. The van der Waals surface area contributed by atoms with E-state index in [0.29, 0.717) is 11.6 Å². The van der Waals surface area contributed by atoms with Gasteiger partial charge in [-0.2, -0.15) is 5.10 Å². The van der Waals surface area contributed by atoms with E-state index in [1.807, 2.05) is 47.6 Å². The number of benzene rings is 1. The zero-order valence-electron chi connectivity index (χ0n) is 15.4. The molecule has 4 heterocycles. The second kappa shape index (κ2) is 6.13. The van der Waals surface area contributed by atoms with Gasteiger partial charge in [-0.05, 0) is 51.9 Å². The van der Waals surface area contributed by atoms with Crippen molar-refractivity contribution in [1.29, 1.82) is 0 Å². The van der Waals surface area contributed by atoms with Gasteiger partial charge in [0, 0.05) is 29.5 Å². The van der Waals surface area contributed by atoms with Crippen LogP contribution in [0.25, 0.3) is 27.8 Å². The van der Waals surface area contributed by atoms with Gasteiger partial charge in [0.15, 0.2) is 11.5 Å². The van der Waals surface area contributed by atoms with E-state index in [0.717, 1.165) is 59.6 Å². The van der Waals surface area contributed by atoms with Crippen LogP contribution in [0, 0.1) is 19.7 Å². The number of aromatic nitrogens is 5. The predicted octanol–water partition coefficient (Wildman–Crippen LogP) is 3.43. The van der Waals surface area contributed by atoms with Gasteiger partial charge >= 0.3 is 0 Å². The number of hydrogen-bond acceptors (Lipinski definition) is 4. The molecular formula is C20H21FN6. The van der Waals surface area contributed by atoms with E-state index in [1.165, 1.54) is 6.07 Å². The van der Waals surface area contributed by atoms with Crippen LogP contribution in [0.2, 0.25) is 0 Å². The molecule has 7 heteroatoms. The number of nitrogens with one attached hydrogen (secondary N) is 1. The van der Waals surface area contributed by atoms with Crippen LogP contribution in [-0.2, 0) is 0 Å². The molecule has 5 rings (SSSR count). The molecule has 6 nitrogen and oxygen atoms in total. The number of nitrogens with zero attached hydrogens (tertiary/aromatic N) is 5. The molecule has 1 fully saturated rings. The summed E-state index contributed by atoms with van der Waals surface area (Å²) in [6, 6.07) is 3.83. The van der Waals surface area contributed by atoms with Crippen molar-refractivity contribution in [3.05, 3.63) is 47.9 Å². The minimum atomic E-state index is -0.309. The van der Waals surface area contributed by atoms with Crippen molar-refractivity contribution >= 4 is 16.6 Å². The molecule has 0 unspecified atom stereocenters. The van der Waals surface area contributed by atoms with E-state index in [2.05, 4.69) is 20.4 Å². The number of piperidine rings is 1. The molecule has 0 aliphatic carbocycles. The van der Waals surface area contributed by atoms with Gasteiger partial charge in [0.05, 0.1) is 23.1 Å². The van der Waals surface area contributed by atoms with Crippen LogP contribution in [0.3, 0.4) is 0 Å². The SMILES string of the molecule is Cc1cn2cc(-c3cc(F)c4nn(C5CCNCC5)cc4c3)nc(C)c2n1. The normalized spacial score (nSPS) is 15.8. The Morgan fingerprint density at radius 2 is 1.89 bits per heavy atom. The lowest BCUT2D eigenvalue weighted by Gasteiger charge is -2.22. The number of halogens is 1. The fourth-order valence-corrected chi connectivity index (χ4v) is 3.93. The largest absolute Gasteiger partial charge is 0.317 e. The highest BCUT2D eigenvalue weighted by atomic mass is 19.1. The monoisotopic (exact) mass is 364 g/mol. The van der Waals surface area contributed by atoms with Crippen molar-refractivity contribution in [3.63, 3.8) is 0 Å². The Bertz CT molecular complexity index is 1150. The van der Waals surface area contributed by atoms with E-state index in [-0.39, 0.29) is 5.82 Å². The zero-order chi connectivity index (χ0) is 18.5. The maximum absolute atomic E-state index is 14.8. The minimum Gasteiger partial charge on any atom is -0.317 e. The summed E-state index contributed by atoms with van der Waals surface area (Å²) in [5.41, 5.74) is 4.49. The third-order valence-electron chi connectivity index (χ3n) is 5.28. The molecule has 0 atom stereocenters. The molecule has 1 aliphatic heterocycles. The topological polar surface area (TPSA) is 60.0 Å². The van der Waals surface area contributed by atoms with Crippen molar-refractivity contribution < 1.29 is 4.39 Å². The third-order valence-corrected chi connectivity index (χ3v) is 5.28. The Labute approximate surface area is 156 Å². The first kappa shape index (κ1) is 16.4. The molecule has 1 aromatic carbocycles. The molecule has 0 amide bonds. The summed E-state index contributed by atoms with van der Waals surface area (Å²) in [5.74, 6) is -0.309. The molecule has 0 bridgehead atoms. The fraction of sp³-hybridized carbons (Fsp3) is 0.350. The van der Waals surface area contributed by atoms with Crippen LogP contribution in [-0.4, -0.2) is 37.2 Å². The predicted molar refractivity (Wildman–Crippen MR) is 102 cm³/mol. The lowest BCUT2D eigenvalue weighted by atomic mass is 10.1. The highest BCUT2D eigenvalue weighted by molar-refractivity contribution is 5.84. The summed E-state index contributed by atoms with van der Waals surface area (Å²) in [5, 5.41) is 8.68. The van der Waals surface area contributed by atoms with Crippen LogP contribution in [0.5, 0.6) is 0 Å². The van der Waals surface area contributed by atoms with Crippen molar-refractivity contribution in [2.45, 2.75) is 32.7 Å². The summed E-state index contributed by atoms with van der Waals surface area (Å²) < 4.78 is 18.7. The third kappa shape index (κ3) is 2.78. The molecule has 1 saturated heterocycles. The molecule has 0 saturated carbocycles. The molecule has 1 aliphatic rings. The van der Waals surface area contributed by atoms with Crippen LogP contribution in [0.15, 0.2) is 30.7 Å². The number of imidazole rings is 1. The second-order valence-corrected chi connectivity index (χ2v) is 7.31. The van der Waals surface area contributed by atoms with E-state index in [4.69, 9.17) is 0 Å². The summed E-state index contributed by atoms with van der Waals surface area (Å²) in [4.78, 5) is 9.12. The van der Waals surface area contributed by atoms with E-state index >= 15 is 0 Å². The van der Waals surface area contributed by atoms with E-state index in [9.17, 15) is 4.39 Å². The molecule has 27 heavy (non-hydrogen) atoms. The van der Waals surface area contributed by atoms with E-state index in [1.54, 1.807) is 0 Å². The van der Waals surface area contributed by atoms with Gasteiger partial charge in [0.25, 0.3) is 0 Å². The molecule has 0 spiro atoms. The first-order valence-corrected chi connectivity index (χ1v) is 9.31. The Kier molecular flexibility index (Phi) is 3.72. The van der Waals surface area contributed by atoms with Crippen molar-refractivity contribution in [3.8, 4) is 11.3 Å². The number of fused-ring (bicyclic) bond motifs is 2. The Hall–Kier alpha value is -2.80. The van der Waals surface area contributed by atoms with Gasteiger partial charge in [0.2, 0.25) is 0 Å². The van der Waals surface area contributed by atoms with Gasteiger partial charge in [-0.1, -0.05) is 0 Å². The van der Waals surface area contributed by atoms with Gasteiger partial charge in [-0.15, -0.1) is 0 Å². The Morgan fingerprint density at radius 1 is 1.07 bits per heavy atom. The summed E-state index contributed by atoms with van der Waals surface area (Å²) >= 11 is 0. The van der Waals surface area contributed by atoms with Crippen LogP contribution in [0.1, 0.15) is 30.3 Å². The minimum absolute atomic E-state index is 0.309. The second-order valence-electron chi connectivity index (χ2n) is 7.31. The highest BCUT2D eigenvalue weighted by Gasteiger charge is 2.18. The molecule has 0 radical (unpaired) electrons. The highest BCUT2D eigenvalue weighted by Crippen LogP contribution is 2.28. The smallest absolute Gasteiger partial charge is 0.158 e. The Morgan fingerprint density at radius 3 is 2.70 bits per heavy atom. The lowest BCUT2D eigenvalue weighted by Crippen LogP contribution is -2.29. The quantitative estimate of drug-likeness (QED) is 0.592. The number of aryl methyl sites for hydroxylation is 2. The number of rotatable bonds is 2. The maximum Gasteiger partial charge on any atom is 0.158 e. The zero-order valence-corrected chi connectivity index (χ0v) is 15.4. The molecule has 4 aromatic rings. The van der Waals surface area contributed by atoms with Gasteiger partial charge in [0.1, 0.15) is 5.52 Å². The average molecular weight is 364 g/mol. The number of hydrogen-bond donors (Lipinski definition) is 1. The van der Waals surface area contributed by atoms with Crippen LogP contribution >= 0.6 is 0 Å². The van der Waals surface area contributed by atoms with Crippen molar-refractivity contribution in [2.24, 2.45) is 0 Å². The van der Waals surface area contributed by atoms with Crippen LogP contribution in [0.4, 0.5) is 4.39 Å².